The Kier molecular flexibility index (Phi) is 2.64. The highest BCUT2D eigenvalue weighted by molar-refractivity contribution is 4.93. The van der Waals surface area contributed by atoms with Crippen LogP contribution in [-0.2, 0) is 4.74 Å². The predicted molar refractivity (Wildman–Crippen MR) is 54.8 cm³/mol. The Bertz CT molecular complexity index is 170. The fraction of sp³-hybridized carbons (Fsp3) is 1.00. The SMILES string of the molecule is CC(C)OC1CCCC2(CCC2)C1. The summed E-state index contributed by atoms with van der Waals surface area (Å²) in [6.07, 6.45) is 11.0. The molecule has 1 heteroatoms. The van der Waals surface area contributed by atoms with E-state index in [-0.39, 0.29) is 0 Å². The van der Waals surface area contributed by atoms with Crippen LogP contribution in [0, 0.1) is 5.41 Å². The van der Waals surface area contributed by atoms with Crippen LogP contribution in [0.4, 0.5) is 0 Å². The Morgan fingerprint density at radius 1 is 1.15 bits per heavy atom. The third-order valence-electron chi connectivity index (χ3n) is 3.77. The molecule has 13 heavy (non-hydrogen) atoms. The normalized spacial score (nSPS) is 32.1. The molecular formula is C12H22O. The lowest BCUT2D eigenvalue weighted by Gasteiger charge is -2.47. The van der Waals surface area contributed by atoms with Crippen LogP contribution in [0.5, 0.6) is 0 Å². The molecule has 1 unspecified atom stereocenters. The molecule has 76 valence electrons. The van der Waals surface area contributed by atoms with E-state index in [1.165, 1.54) is 44.9 Å². The van der Waals surface area contributed by atoms with Crippen LogP contribution in [0.2, 0.25) is 0 Å². The molecule has 2 aliphatic rings. The van der Waals surface area contributed by atoms with Gasteiger partial charge in [-0.25, -0.2) is 0 Å². The molecule has 0 amide bonds. The van der Waals surface area contributed by atoms with Crippen LogP contribution in [0.1, 0.15) is 58.8 Å². The second kappa shape index (κ2) is 3.61. The van der Waals surface area contributed by atoms with Gasteiger partial charge < -0.3 is 4.74 Å². The van der Waals surface area contributed by atoms with Gasteiger partial charge in [0.15, 0.2) is 0 Å². The highest BCUT2D eigenvalue weighted by atomic mass is 16.5. The van der Waals surface area contributed by atoms with E-state index >= 15 is 0 Å². The number of hydrogen-bond donors (Lipinski definition) is 0. The van der Waals surface area contributed by atoms with E-state index in [1.807, 2.05) is 0 Å². The van der Waals surface area contributed by atoms with Gasteiger partial charge >= 0.3 is 0 Å². The summed E-state index contributed by atoms with van der Waals surface area (Å²) in [7, 11) is 0. The van der Waals surface area contributed by atoms with Crippen LogP contribution in [0.25, 0.3) is 0 Å². The fourth-order valence-electron chi connectivity index (χ4n) is 3.02. The molecule has 0 saturated heterocycles. The van der Waals surface area contributed by atoms with Crippen molar-refractivity contribution in [1.29, 1.82) is 0 Å². The summed E-state index contributed by atoms with van der Waals surface area (Å²) in [5.74, 6) is 0. The van der Waals surface area contributed by atoms with E-state index in [9.17, 15) is 0 Å². The molecular weight excluding hydrogens is 160 g/mol. The van der Waals surface area contributed by atoms with Crippen molar-refractivity contribution in [1.82, 2.24) is 0 Å². The summed E-state index contributed by atoms with van der Waals surface area (Å²) >= 11 is 0. The molecule has 2 saturated carbocycles. The molecule has 0 heterocycles. The quantitative estimate of drug-likeness (QED) is 0.635. The highest BCUT2D eigenvalue weighted by Crippen LogP contribution is 2.52. The molecule has 1 atom stereocenters. The second-order valence-corrected chi connectivity index (χ2v) is 5.26. The molecule has 2 aliphatic carbocycles. The lowest BCUT2D eigenvalue weighted by atomic mass is 9.60. The summed E-state index contributed by atoms with van der Waals surface area (Å²) in [5, 5.41) is 0. The first kappa shape index (κ1) is 9.51. The minimum Gasteiger partial charge on any atom is -0.376 e. The summed E-state index contributed by atoms with van der Waals surface area (Å²) < 4.78 is 5.92. The van der Waals surface area contributed by atoms with Crippen LogP contribution < -0.4 is 0 Å². The maximum absolute atomic E-state index is 5.92. The van der Waals surface area contributed by atoms with Crippen molar-refractivity contribution in [3.05, 3.63) is 0 Å². The van der Waals surface area contributed by atoms with Crippen molar-refractivity contribution in [2.45, 2.75) is 71.0 Å². The standard InChI is InChI=1S/C12H22O/c1-10(2)13-11-5-3-6-12(9-11)7-4-8-12/h10-11H,3-9H2,1-2H3. The minimum absolute atomic E-state index is 0.417. The molecule has 0 aromatic rings. The minimum atomic E-state index is 0.417. The average Bonchev–Trinajstić information content (AvgIpc) is 2.01. The van der Waals surface area contributed by atoms with Crippen molar-refractivity contribution < 1.29 is 4.74 Å². The van der Waals surface area contributed by atoms with Crippen molar-refractivity contribution in [2.75, 3.05) is 0 Å². The molecule has 1 spiro atoms. The maximum Gasteiger partial charge on any atom is 0.0583 e. The fourth-order valence-corrected chi connectivity index (χ4v) is 3.02. The van der Waals surface area contributed by atoms with Crippen molar-refractivity contribution in [2.24, 2.45) is 5.41 Å². The average molecular weight is 182 g/mol. The van der Waals surface area contributed by atoms with Gasteiger partial charge in [0.2, 0.25) is 0 Å². The lowest BCUT2D eigenvalue weighted by Crippen LogP contribution is -2.38. The Morgan fingerprint density at radius 2 is 1.85 bits per heavy atom. The van der Waals surface area contributed by atoms with Crippen LogP contribution >= 0.6 is 0 Å². The van der Waals surface area contributed by atoms with Gasteiger partial charge in [-0.1, -0.05) is 12.8 Å². The molecule has 0 aromatic heterocycles. The molecule has 1 nitrogen and oxygen atoms in total. The summed E-state index contributed by atoms with van der Waals surface area (Å²) in [6, 6.07) is 0. The van der Waals surface area contributed by atoms with Crippen molar-refractivity contribution in [3.63, 3.8) is 0 Å². The molecule has 0 bridgehead atoms. The van der Waals surface area contributed by atoms with E-state index in [0.29, 0.717) is 12.2 Å². The molecule has 2 fully saturated rings. The molecule has 0 radical (unpaired) electrons. The van der Waals surface area contributed by atoms with Gasteiger partial charge in [0.25, 0.3) is 0 Å². The van der Waals surface area contributed by atoms with Crippen molar-refractivity contribution >= 4 is 0 Å². The van der Waals surface area contributed by atoms with Gasteiger partial charge in [-0.2, -0.15) is 0 Å². The third kappa shape index (κ3) is 2.07. The van der Waals surface area contributed by atoms with Gasteiger partial charge in [-0.15, -0.1) is 0 Å². The second-order valence-electron chi connectivity index (χ2n) is 5.26. The third-order valence-corrected chi connectivity index (χ3v) is 3.77. The highest BCUT2D eigenvalue weighted by Gasteiger charge is 2.41. The van der Waals surface area contributed by atoms with Crippen molar-refractivity contribution in [3.8, 4) is 0 Å². The Morgan fingerprint density at radius 3 is 2.38 bits per heavy atom. The zero-order valence-corrected chi connectivity index (χ0v) is 9.01. The number of hydrogen-bond acceptors (Lipinski definition) is 1. The summed E-state index contributed by atoms with van der Waals surface area (Å²) in [6.45, 7) is 4.31. The van der Waals surface area contributed by atoms with Crippen LogP contribution in [0.3, 0.4) is 0 Å². The number of ether oxygens (including phenoxy) is 1. The van der Waals surface area contributed by atoms with Gasteiger partial charge in [0, 0.05) is 0 Å². The van der Waals surface area contributed by atoms with E-state index in [2.05, 4.69) is 13.8 Å². The van der Waals surface area contributed by atoms with Gasteiger partial charge in [-0.05, 0) is 51.4 Å². The first-order chi connectivity index (χ1) is 6.20. The Labute approximate surface area is 81.9 Å². The first-order valence-corrected chi connectivity index (χ1v) is 5.86. The summed E-state index contributed by atoms with van der Waals surface area (Å²) in [5.41, 5.74) is 0.734. The Hall–Kier alpha value is -0.0400. The molecule has 0 N–H and O–H groups in total. The van der Waals surface area contributed by atoms with Gasteiger partial charge in [-0.3, -0.25) is 0 Å². The first-order valence-electron chi connectivity index (χ1n) is 5.86. The molecule has 0 aromatic carbocycles. The van der Waals surface area contributed by atoms with E-state index in [0.717, 1.165) is 5.41 Å². The molecule has 2 rings (SSSR count). The van der Waals surface area contributed by atoms with Crippen LogP contribution in [-0.4, -0.2) is 12.2 Å². The monoisotopic (exact) mass is 182 g/mol. The molecule has 0 aliphatic heterocycles. The van der Waals surface area contributed by atoms with E-state index in [4.69, 9.17) is 4.74 Å². The predicted octanol–water partition coefficient (Wildman–Crippen LogP) is 3.52. The smallest absolute Gasteiger partial charge is 0.0583 e. The number of rotatable bonds is 2. The zero-order chi connectivity index (χ0) is 9.31. The van der Waals surface area contributed by atoms with Gasteiger partial charge in [0.05, 0.1) is 12.2 Å². The maximum atomic E-state index is 5.92. The topological polar surface area (TPSA) is 9.23 Å². The summed E-state index contributed by atoms with van der Waals surface area (Å²) in [4.78, 5) is 0. The zero-order valence-electron chi connectivity index (χ0n) is 9.01. The van der Waals surface area contributed by atoms with Crippen LogP contribution in [0.15, 0.2) is 0 Å². The Balaban J connectivity index is 1.85. The largest absolute Gasteiger partial charge is 0.376 e. The van der Waals surface area contributed by atoms with E-state index < -0.39 is 0 Å². The van der Waals surface area contributed by atoms with E-state index in [1.54, 1.807) is 0 Å². The van der Waals surface area contributed by atoms with Gasteiger partial charge in [0.1, 0.15) is 0 Å². The lowest BCUT2D eigenvalue weighted by molar-refractivity contribution is -0.0681.